The van der Waals surface area contributed by atoms with Crippen LogP contribution in [0.2, 0.25) is 0 Å². The summed E-state index contributed by atoms with van der Waals surface area (Å²) in [5.74, 6) is 0.796. The van der Waals surface area contributed by atoms with Crippen molar-refractivity contribution in [2.24, 2.45) is 7.05 Å². The largest absolute Gasteiger partial charge is 0.497 e. The van der Waals surface area contributed by atoms with Crippen LogP contribution in [0.5, 0.6) is 5.75 Å². The molecule has 144 valence electrons. The van der Waals surface area contributed by atoms with E-state index in [0.717, 1.165) is 30.1 Å². The fourth-order valence-electron chi connectivity index (χ4n) is 3.56. The van der Waals surface area contributed by atoms with E-state index in [9.17, 15) is 4.79 Å². The van der Waals surface area contributed by atoms with Crippen LogP contribution in [0, 0.1) is 0 Å². The number of anilines is 1. The summed E-state index contributed by atoms with van der Waals surface area (Å²) in [5.41, 5.74) is 3.51. The van der Waals surface area contributed by atoms with Crippen LogP contribution >= 0.6 is 0 Å². The lowest BCUT2D eigenvalue weighted by atomic mass is 10.1. The highest BCUT2D eigenvalue weighted by Crippen LogP contribution is 2.24. The molecule has 6 heteroatoms. The minimum Gasteiger partial charge on any atom is -0.497 e. The molecule has 3 aromatic rings. The normalized spacial score (nSPS) is 14.2. The minimum absolute atomic E-state index is 0.0249. The zero-order chi connectivity index (χ0) is 19.5. The predicted molar refractivity (Wildman–Crippen MR) is 110 cm³/mol. The molecule has 0 atom stereocenters. The Kier molecular flexibility index (Phi) is 5.02. The smallest absolute Gasteiger partial charge is 0.272 e. The Bertz CT molecular complexity index is 960. The maximum Gasteiger partial charge on any atom is 0.272 e. The molecular weight excluding hydrogens is 352 g/mol. The first-order chi connectivity index (χ1) is 13.7. The van der Waals surface area contributed by atoms with E-state index in [2.05, 4.69) is 22.1 Å². The number of hydrogen-bond acceptors (Lipinski definition) is 4. The van der Waals surface area contributed by atoms with E-state index in [-0.39, 0.29) is 5.91 Å². The highest BCUT2D eigenvalue weighted by molar-refractivity contribution is 5.94. The van der Waals surface area contributed by atoms with Crippen LogP contribution in [0.15, 0.2) is 60.7 Å². The van der Waals surface area contributed by atoms with Gasteiger partial charge in [-0.3, -0.25) is 9.48 Å². The van der Waals surface area contributed by atoms with Crippen molar-refractivity contribution >= 4 is 11.6 Å². The maximum atomic E-state index is 13.1. The van der Waals surface area contributed by atoms with E-state index in [0.29, 0.717) is 18.8 Å². The number of carbonyl (C=O) groups excluding carboxylic acids is 1. The molecule has 0 aliphatic carbocycles. The third kappa shape index (κ3) is 3.58. The molecule has 2 aromatic carbocycles. The van der Waals surface area contributed by atoms with Crippen molar-refractivity contribution in [3.8, 4) is 17.0 Å². The highest BCUT2D eigenvalue weighted by atomic mass is 16.5. The van der Waals surface area contributed by atoms with Gasteiger partial charge in [0.15, 0.2) is 0 Å². The molecule has 1 saturated heterocycles. The number of hydrogen-bond donors (Lipinski definition) is 0. The van der Waals surface area contributed by atoms with E-state index >= 15 is 0 Å². The summed E-state index contributed by atoms with van der Waals surface area (Å²) < 4.78 is 6.96. The van der Waals surface area contributed by atoms with E-state index in [1.807, 2.05) is 60.5 Å². The molecule has 0 N–H and O–H groups in total. The molecule has 0 radical (unpaired) electrons. The number of carbonyl (C=O) groups is 1. The quantitative estimate of drug-likeness (QED) is 0.702. The van der Waals surface area contributed by atoms with Crippen molar-refractivity contribution in [3.63, 3.8) is 0 Å². The second-order valence-electron chi connectivity index (χ2n) is 6.89. The molecule has 0 unspecified atom stereocenters. The fourth-order valence-corrected chi connectivity index (χ4v) is 3.56. The van der Waals surface area contributed by atoms with Gasteiger partial charge in [-0.05, 0) is 30.3 Å². The molecular formula is C22H24N4O2. The Labute approximate surface area is 164 Å². The van der Waals surface area contributed by atoms with Crippen molar-refractivity contribution in [3.05, 3.63) is 66.4 Å². The number of aromatic nitrogens is 2. The third-order valence-corrected chi connectivity index (χ3v) is 5.15. The number of para-hydroxylation sites is 1. The molecule has 0 saturated carbocycles. The van der Waals surface area contributed by atoms with E-state index in [4.69, 9.17) is 4.74 Å². The molecule has 1 aromatic heterocycles. The summed E-state index contributed by atoms with van der Waals surface area (Å²) in [5, 5.41) is 4.54. The minimum atomic E-state index is 0.0249. The predicted octanol–water partition coefficient (Wildman–Crippen LogP) is 3.06. The Morgan fingerprint density at radius 3 is 2.43 bits per heavy atom. The zero-order valence-electron chi connectivity index (χ0n) is 16.2. The molecule has 4 rings (SSSR count). The van der Waals surface area contributed by atoms with Crippen LogP contribution in [0.4, 0.5) is 5.69 Å². The molecule has 1 aliphatic rings. The lowest BCUT2D eigenvalue weighted by molar-refractivity contribution is 0.0735. The topological polar surface area (TPSA) is 50.6 Å². The van der Waals surface area contributed by atoms with Gasteiger partial charge in [0.25, 0.3) is 5.91 Å². The van der Waals surface area contributed by atoms with Crippen molar-refractivity contribution in [1.29, 1.82) is 0 Å². The monoisotopic (exact) mass is 376 g/mol. The number of rotatable bonds is 4. The van der Waals surface area contributed by atoms with Crippen LogP contribution < -0.4 is 9.64 Å². The van der Waals surface area contributed by atoms with Crippen molar-refractivity contribution in [2.75, 3.05) is 38.2 Å². The lowest BCUT2D eigenvalue weighted by Crippen LogP contribution is -2.49. The van der Waals surface area contributed by atoms with Crippen LogP contribution in [0.25, 0.3) is 11.3 Å². The first-order valence-corrected chi connectivity index (χ1v) is 9.43. The van der Waals surface area contributed by atoms with Gasteiger partial charge in [-0.25, -0.2) is 0 Å². The van der Waals surface area contributed by atoms with Crippen LogP contribution in [0.1, 0.15) is 10.5 Å². The number of piperazine rings is 1. The van der Waals surface area contributed by atoms with Gasteiger partial charge < -0.3 is 14.5 Å². The summed E-state index contributed by atoms with van der Waals surface area (Å²) in [4.78, 5) is 17.3. The van der Waals surface area contributed by atoms with Crippen molar-refractivity contribution < 1.29 is 9.53 Å². The standard InChI is InChI=1S/C22H24N4O2/c1-24-21(16-20(23-24)17-7-6-10-19(15-17)28-2)22(27)26-13-11-25(12-14-26)18-8-4-3-5-9-18/h3-10,15-16H,11-14H2,1-2H3. The van der Waals surface area contributed by atoms with Crippen molar-refractivity contribution in [1.82, 2.24) is 14.7 Å². The molecule has 1 fully saturated rings. The number of methoxy groups -OCH3 is 1. The van der Waals surface area contributed by atoms with Gasteiger partial charge in [0, 0.05) is 44.5 Å². The van der Waals surface area contributed by atoms with Gasteiger partial charge in [0.05, 0.1) is 12.8 Å². The Morgan fingerprint density at radius 2 is 1.71 bits per heavy atom. The summed E-state index contributed by atoms with van der Waals surface area (Å²) in [7, 11) is 3.46. The average molecular weight is 376 g/mol. The summed E-state index contributed by atoms with van der Waals surface area (Å²) in [6, 6.07) is 19.9. The molecule has 1 aliphatic heterocycles. The molecule has 1 amide bonds. The van der Waals surface area contributed by atoms with Crippen LogP contribution in [-0.2, 0) is 7.05 Å². The maximum absolute atomic E-state index is 13.1. The van der Waals surface area contributed by atoms with Gasteiger partial charge in [0.2, 0.25) is 0 Å². The Hall–Kier alpha value is -3.28. The zero-order valence-corrected chi connectivity index (χ0v) is 16.2. The van der Waals surface area contributed by atoms with Crippen molar-refractivity contribution in [2.45, 2.75) is 0 Å². The number of nitrogens with zero attached hydrogens (tertiary/aromatic N) is 4. The molecule has 28 heavy (non-hydrogen) atoms. The fraction of sp³-hybridized carbons (Fsp3) is 0.273. The van der Waals surface area contributed by atoms with Gasteiger partial charge in [0.1, 0.15) is 11.4 Å². The first kappa shape index (κ1) is 18.1. The van der Waals surface area contributed by atoms with Crippen LogP contribution in [-0.4, -0.2) is 53.9 Å². The second-order valence-corrected chi connectivity index (χ2v) is 6.89. The van der Waals surface area contributed by atoms with Gasteiger partial charge in [-0.2, -0.15) is 5.10 Å². The van der Waals surface area contributed by atoms with Gasteiger partial charge in [-0.15, -0.1) is 0 Å². The van der Waals surface area contributed by atoms with E-state index < -0.39 is 0 Å². The number of amides is 1. The summed E-state index contributed by atoms with van der Waals surface area (Å²) in [6.07, 6.45) is 0. The Morgan fingerprint density at radius 1 is 0.964 bits per heavy atom. The highest BCUT2D eigenvalue weighted by Gasteiger charge is 2.25. The van der Waals surface area contributed by atoms with E-state index in [1.165, 1.54) is 5.69 Å². The summed E-state index contributed by atoms with van der Waals surface area (Å²) >= 11 is 0. The second kappa shape index (κ2) is 7.76. The first-order valence-electron chi connectivity index (χ1n) is 9.43. The summed E-state index contributed by atoms with van der Waals surface area (Å²) in [6.45, 7) is 3.06. The third-order valence-electron chi connectivity index (χ3n) is 5.15. The number of ether oxygens (including phenoxy) is 1. The van der Waals surface area contributed by atoms with Gasteiger partial charge in [-0.1, -0.05) is 30.3 Å². The number of benzene rings is 2. The number of aryl methyl sites for hydroxylation is 1. The molecule has 0 spiro atoms. The van der Waals surface area contributed by atoms with Gasteiger partial charge >= 0.3 is 0 Å². The molecule has 0 bridgehead atoms. The Balaban J connectivity index is 1.48. The van der Waals surface area contributed by atoms with Crippen LogP contribution in [0.3, 0.4) is 0 Å². The average Bonchev–Trinajstić information content (AvgIpc) is 3.15. The molecule has 6 nitrogen and oxygen atoms in total. The lowest BCUT2D eigenvalue weighted by Gasteiger charge is -2.36. The molecule has 2 heterocycles. The van der Waals surface area contributed by atoms with E-state index in [1.54, 1.807) is 11.8 Å². The SMILES string of the molecule is COc1cccc(-c2cc(C(=O)N3CCN(c4ccccc4)CC3)n(C)n2)c1.